The summed E-state index contributed by atoms with van der Waals surface area (Å²) in [6.07, 6.45) is 1.72. The second-order valence-corrected chi connectivity index (χ2v) is 5.42. The number of hydrogen-bond donors (Lipinski definition) is 3. The van der Waals surface area contributed by atoms with Gasteiger partial charge in [0.2, 0.25) is 0 Å². The molecular formula is C18H21N5O. The number of hydrogen-bond acceptors (Lipinski definition) is 3. The zero-order valence-corrected chi connectivity index (χ0v) is 13.6. The minimum absolute atomic E-state index is 0.407. The van der Waals surface area contributed by atoms with Gasteiger partial charge in [0, 0.05) is 18.7 Å². The third-order valence-corrected chi connectivity index (χ3v) is 3.65. The molecule has 4 N–H and O–H groups in total. The van der Waals surface area contributed by atoms with Crippen LogP contribution < -0.4 is 15.8 Å². The van der Waals surface area contributed by atoms with E-state index < -0.39 is 0 Å². The normalized spacial score (nSPS) is 11.6. The first-order valence-electron chi connectivity index (χ1n) is 7.89. The number of aryl methyl sites for hydroxylation is 1. The van der Waals surface area contributed by atoms with Crippen LogP contribution in [0, 0.1) is 0 Å². The zero-order valence-electron chi connectivity index (χ0n) is 13.6. The largest absolute Gasteiger partial charge is 0.497 e. The van der Waals surface area contributed by atoms with Crippen LogP contribution in [0.4, 0.5) is 5.69 Å². The molecule has 0 aliphatic carbocycles. The van der Waals surface area contributed by atoms with Gasteiger partial charge in [0.25, 0.3) is 0 Å². The highest BCUT2D eigenvalue weighted by molar-refractivity contribution is 5.92. The van der Waals surface area contributed by atoms with E-state index in [-0.39, 0.29) is 0 Å². The number of imidazole rings is 1. The number of nitrogens with one attached hydrogen (secondary N) is 2. The van der Waals surface area contributed by atoms with Crippen LogP contribution in [0.15, 0.2) is 53.5 Å². The highest BCUT2D eigenvalue weighted by Gasteiger charge is 2.01. The van der Waals surface area contributed by atoms with Gasteiger partial charge in [0.05, 0.1) is 18.1 Å². The van der Waals surface area contributed by atoms with Crippen LogP contribution in [0.3, 0.4) is 0 Å². The van der Waals surface area contributed by atoms with Crippen LogP contribution in [0.5, 0.6) is 5.75 Å². The van der Waals surface area contributed by atoms with Crippen LogP contribution in [0.25, 0.3) is 11.0 Å². The van der Waals surface area contributed by atoms with Gasteiger partial charge < -0.3 is 20.8 Å². The van der Waals surface area contributed by atoms with E-state index in [9.17, 15) is 0 Å². The van der Waals surface area contributed by atoms with E-state index in [1.165, 1.54) is 0 Å². The predicted molar refractivity (Wildman–Crippen MR) is 97.5 cm³/mol. The maximum absolute atomic E-state index is 5.90. The average molecular weight is 323 g/mol. The Bertz CT molecular complexity index is 790. The van der Waals surface area contributed by atoms with Crippen LogP contribution in [-0.2, 0) is 6.42 Å². The smallest absolute Gasteiger partial charge is 0.193 e. The van der Waals surface area contributed by atoms with E-state index in [2.05, 4.69) is 20.3 Å². The van der Waals surface area contributed by atoms with Crippen molar-refractivity contribution in [2.75, 3.05) is 19.0 Å². The van der Waals surface area contributed by atoms with Crippen molar-refractivity contribution in [1.29, 1.82) is 0 Å². The van der Waals surface area contributed by atoms with Gasteiger partial charge in [-0.1, -0.05) is 12.1 Å². The molecule has 1 aromatic heterocycles. The molecule has 0 saturated heterocycles. The lowest BCUT2D eigenvalue weighted by molar-refractivity contribution is 0.415. The van der Waals surface area contributed by atoms with Crippen LogP contribution >= 0.6 is 0 Å². The highest BCUT2D eigenvalue weighted by atomic mass is 16.5. The van der Waals surface area contributed by atoms with Gasteiger partial charge in [-0.2, -0.15) is 0 Å². The van der Waals surface area contributed by atoms with Crippen molar-refractivity contribution in [3.05, 3.63) is 54.4 Å². The molecule has 1 heterocycles. The number of aliphatic imine (C=N–C) groups is 1. The molecule has 24 heavy (non-hydrogen) atoms. The third-order valence-electron chi connectivity index (χ3n) is 3.65. The molecule has 0 saturated carbocycles. The van der Waals surface area contributed by atoms with E-state index in [1.807, 2.05) is 48.5 Å². The van der Waals surface area contributed by atoms with Gasteiger partial charge in [-0.15, -0.1) is 0 Å². The quantitative estimate of drug-likeness (QED) is 0.370. The van der Waals surface area contributed by atoms with E-state index in [4.69, 9.17) is 10.5 Å². The summed E-state index contributed by atoms with van der Waals surface area (Å²) < 4.78 is 5.12. The molecule has 0 atom stereocenters. The second kappa shape index (κ2) is 7.50. The number of aromatic amines is 1. The molecule has 124 valence electrons. The predicted octanol–water partition coefficient (Wildman–Crippen LogP) is 2.93. The minimum Gasteiger partial charge on any atom is -0.497 e. The van der Waals surface area contributed by atoms with Crippen molar-refractivity contribution in [3.63, 3.8) is 0 Å². The topological polar surface area (TPSA) is 88.3 Å². The zero-order chi connectivity index (χ0) is 16.8. The van der Waals surface area contributed by atoms with Gasteiger partial charge in [-0.25, -0.2) is 4.98 Å². The molecule has 3 rings (SSSR count). The molecule has 0 amide bonds. The molecule has 0 aliphatic rings. The maximum atomic E-state index is 5.90. The number of anilines is 1. The van der Waals surface area contributed by atoms with Crippen molar-refractivity contribution in [3.8, 4) is 5.75 Å². The monoisotopic (exact) mass is 323 g/mol. The number of para-hydroxylation sites is 2. The molecule has 0 unspecified atom stereocenters. The Hall–Kier alpha value is -3.02. The number of H-pyrrole nitrogens is 1. The Morgan fingerprint density at radius 1 is 1.21 bits per heavy atom. The number of ether oxygens (including phenoxy) is 1. The maximum Gasteiger partial charge on any atom is 0.193 e. The first kappa shape index (κ1) is 15.9. The summed E-state index contributed by atoms with van der Waals surface area (Å²) in [5.41, 5.74) is 8.85. The summed E-state index contributed by atoms with van der Waals surface area (Å²) in [7, 11) is 1.64. The number of rotatable bonds is 6. The van der Waals surface area contributed by atoms with Crippen molar-refractivity contribution in [1.82, 2.24) is 9.97 Å². The fourth-order valence-corrected chi connectivity index (χ4v) is 2.43. The summed E-state index contributed by atoms with van der Waals surface area (Å²) in [5.74, 6) is 2.19. The molecule has 3 aromatic rings. The lowest BCUT2D eigenvalue weighted by Gasteiger charge is -2.06. The number of nitrogens with two attached hydrogens (primary N) is 1. The molecule has 0 bridgehead atoms. The minimum atomic E-state index is 0.407. The van der Waals surface area contributed by atoms with Gasteiger partial charge in [0.15, 0.2) is 5.96 Å². The number of benzene rings is 2. The van der Waals surface area contributed by atoms with E-state index in [0.29, 0.717) is 12.5 Å². The van der Waals surface area contributed by atoms with Crippen molar-refractivity contribution in [2.24, 2.45) is 10.7 Å². The molecule has 0 aliphatic heterocycles. The summed E-state index contributed by atoms with van der Waals surface area (Å²) in [4.78, 5) is 12.2. The Labute approximate surface area is 140 Å². The Kier molecular flexibility index (Phi) is 4.96. The Balaban J connectivity index is 1.48. The Morgan fingerprint density at radius 2 is 2.00 bits per heavy atom. The molecular weight excluding hydrogens is 302 g/mol. The van der Waals surface area contributed by atoms with Gasteiger partial charge >= 0.3 is 0 Å². The highest BCUT2D eigenvalue weighted by Crippen LogP contribution is 2.14. The standard InChI is InChI=1S/C18H21N5O/c1-24-14-10-8-13(9-11-14)21-18(19)20-12-4-7-17-22-15-5-2-3-6-16(15)23-17/h2-3,5-6,8-11H,4,7,12H2,1H3,(H,22,23)(H3,19,20,21). The fourth-order valence-electron chi connectivity index (χ4n) is 2.43. The van der Waals surface area contributed by atoms with Crippen molar-refractivity contribution >= 4 is 22.7 Å². The number of aromatic nitrogens is 2. The van der Waals surface area contributed by atoms with Crippen molar-refractivity contribution < 1.29 is 4.74 Å². The second-order valence-electron chi connectivity index (χ2n) is 5.42. The summed E-state index contributed by atoms with van der Waals surface area (Å²) in [5, 5.41) is 3.06. The van der Waals surface area contributed by atoms with Gasteiger partial charge in [-0.3, -0.25) is 4.99 Å². The average Bonchev–Trinajstić information content (AvgIpc) is 3.02. The number of nitrogens with zero attached hydrogens (tertiary/aromatic N) is 2. The van der Waals surface area contributed by atoms with Gasteiger partial charge in [0.1, 0.15) is 11.6 Å². The van der Waals surface area contributed by atoms with Crippen molar-refractivity contribution in [2.45, 2.75) is 12.8 Å². The summed E-state index contributed by atoms with van der Waals surface area (Å²) in [6, 6.07) is 15.6. The molecule has 6 heteroatoms. The fraction of sp³-hybridized carbons (Fsp3) is 0.222. The molecule has 0 fully saturated rings. The summed E-state index contributed by atoms with van der Waals surface area (Å²) in [6.45, 7) is 0.645. The van der Waals surface area contributed by atoms with Crippen LogP contribution in [0.1, 0.15) is 12.2 Å². The van der Waals surface area contributed by atoms with E-state index in [1.54, 1.807) is 7.11 Å². The first-order chi connectivity index (χ1) is 11.7. The molecule has 0 spiro atoms. The first-order valence-corrected chi connectivity index (χ1v) is 7.89. The number of fused-ring (bicyclic) bond motifs is 1. The molecule has 2 aromatic carbocycles. The van der Waals surface area contributed by atoms with Gasteiger partial charge in [-0.05, 0) is 42.8 Å². The molecule has 6 nitrogen and oxygen atoms in total. The molecule has 0 radical (unpaired) electrons. The van der Waals surface area contributed by atoms with E-state index >= 15 is 0 Å². The van der Waals surface area contributed by atoms with E-state index in [0.717, 1.165) is 41.1 Å². The third kappa shape index (κ3) is 4.04. The summed E-state index contributed by atoms with van der Waals surface area (Å²) >= 11 is 0. The Morgan fingerprint density at radius 3 is 2.75 bits per heavy atom. The van der Waals surface area contributed by atoms with Crippen LogP contribution in [0.2, 0.25) is 0 Å². The SMILES string of the molecule is COc1ccc(NC(N)=NCCCc2nc3ccccc3[nH]2)cc1. The number of methoxy groups -OCH3 is 1. The number of guanidine groups is 1. The lowest BCUT2D eigenvalue weighted by atomic mass is 10.3. The van der Waals surface area contributed by atoms with Crippen LogP contribution in [-0.4, -0.2) is 29.6 Å². The lowest BCUT2D eigenvalue weighted by Crippen LogP contribution is -2.22.